The lowest BCUT2D eigenvalue weighted by atomic mass is 10.0. The van der Waals surface area contributed by atoms with Gasteiger partial charge in [0, 0.05) is 5.92 Å². The van der Waals surface area contributed by atoms with Gasteiger partial charge in [-0.2, -0.15) is 0 Å². The van der Waals surface area contributed by atoms with Crippen molar-refractivity contribution in [2.75, 3.05) is 0 Å². The number of hydrogen-bond acceptors (Lipinski definition) is 2. The third kappa shape index (κ3) is 4.41. The maximum Gasteiger partial charge on any atom is 0.163 e. The van der Waals surface area contributed by atoms with Crippen LogP contribution < -0.4 is 0 Å². The van der Waals surface area contributed by atoms with Crippen molar-refractivity contribution >= 4 is 5.78 Å². The number of ether oxygens (including phenoxy) is 1. The maximum atomic E-state index is 11.5. The van der Waals surface area contributed by atoms with Crippen molar-refractivity contribution in [1.82, 2.24) is 0 Å². The molecule has 78 valence electrons. The Morgan fingerprint density at radius 3 is 1.92 bits per heavy atom. The molecule has 2 heteroatoms. The highest BCUT2D eigenvalue weighted by atomic mass is 16.5. The highest BCUT2D eigenvalue weighted by Gasteiger charge is 2.19. The summed E-state index contributed by atoms with van der Waals surface area (Å²) in [4.78, 5) is 11.5. The molecule has 0 aromatic carbocycles. The van der Waals surface area contributed by atoms with Crippen LogP contribution in [-0.2, 0) is 9.53 Å². The van der Waals surface area contributed by atoms with Gasteiger partial charge in [0.25, 0.3) is 0 Å². The molecule has 0 bridgehead atoms. The zero-order valence-corrected chi connectivity index (χ0v) is 9.46. The number of carbonyl (C=O) groups excluding carboxylic acids is 1. The van der Waals surface area contributed by atoms with Crippen molar-refractivity contribution in [1.29, 1.82) is 0 Å². The third-order valence-corrected chi connectivity index (χ3v) is 2.28. The summed E-state index contributed by atoms with van der Waals surface area (Å²) in [5.41, 5.74) is 0. The molecule has 0 fully saturated rings. The summed E-state index contributed by atoms with van der Waals surface area (Å²) in [7, 11) is 0. The average Bonchev–Trinajstić information content (AvgIpc) is 2.12. The molecule has 0 unspecified atom stereocenters. The molecule has 2 nitrogen and oxygen atoms in total. The quantitative estimate of drug-likeness (QED) is 0.637. The van der Waals surface area contributed by atoms with Gasteiger partial charge in [0.1, 0.15) is 6.10 Å². The molecule has 0 spiro atoms. The zero-order chi connectivity index (χ0) is 10.4. The van der Waals surface area contributed by atoms with Crippen molar-refractivity contribution in [3.8, 4) is 0 Å². The van der Waals surface area contributed by atoms with E-state index in [1.54, 1.807) is 0 Å². The van der Waals surface area contributed by atoms with Crippen molar-refractivity contribution in [2.24, 2.45) is 5.92 Å². The van der Waals surface area contributed by atoms with Gasteiger partial charge in [0.05, 0.1) is 6.10 Å². The Labute approximate surface area is 81.7 Å². The standard InChI is InChI=1S/C11H22O2/c1-6-10(7-2)13-9(5)11(12)8(3)4/h8-10H,6-7H2,1-5H3/t9-/m1/s1. The van der Waals surface area contributed by atoms with Crippen LogP contribution in [0.25, 0.3) is 0 Å². The minimum atomic E-state index is -0.245. The second kappa shape index (κ2) is 6.14. The van der Waals surface area contributed by atoms with Crippen LogP contribution in [0, 0.1) is 5.92 Å². The first-order valence-electron chi connectivity index (χ1n) is 5.22. The van der Waals surface area contributed by atoms with E-state index in [0.29, 0.717) is 0 Å². The van der Waals surface area contributed by atoms with Gasteiger partial charge in [-0.25, -0.2) is 0 Å². The van der Waals surface area contributed by atoms with Crippen LogP contribution in [0.2, 0.25) is 0 Å². The van der Waals surface area contributed by atoms with Gasteiger partial charge in [0.2, 0.25) is 0 Å². The molecule has 0 saturated carbocycles. The molecule has 0 aliphatic heterocycles. The van der Waals surface area contributed by atoms with Crippen molar-refractivity contribution in [3.63, 3.8) is 0 Å². The molecular formula is C11H22O2. The fourth-order valence-corrected chi connectivity index (χ4v) is 1.31. The topological polar surface area (TPSA) is 26.3 Å². The molecule has 13 heavy (non-hydrogen) atoms. The molecule has 0 saturated heterocycles. The Morgan fingerprint density at radius 2 is 1.62 bits per heavy atom. The van der Waals surface area contributed by atoms with E-state index in [2.05, 4.69) is 13.8 Å². The van der Waals surface area contributed by atoms with E-state index in [1.807, 2.05) is 20.8 Å². The summed E-state index contributed by atoms with van der Waals surface area (Å²) in [6.07, 6.45) is 1.95. The lowest BCUT2D eigenvalue weighted by Gasteiger charge is -2.20. The Balaban J connectivity index is 3.97. The summed E-state index contributed by atoms with van der Waals surface area (Å²) >= 11 is 0. The molecular weight excluding hydrogens is 164 g/mol. The van der Waals surface area contributed by atoms with Crippen molar-refractivity contribution in [3.05, 3.63) is 0 Å². The first-order chi connectivity index (χ1) is 6.02. The summed E-state index contributed by atoms with van der Waals surface area (Å²) in [5, 5.41) is 0. The lowest BCUT2D eigenvalue weighted by Crippen LogP contribution is -2.29. The number of carbonyl (C=O) groups is 1. The second-order valence-electron chi connectivity index (χ2n) is 3.77. The fourth-order valence-electron chi connectivity index (χ4n) is 1.31. The van der Waals surface area contributed by atoms with E-state index in [-0.39, 0.29) is 23.9 Å². The van der Waals surface area contributed by atoms with Crippen molar-refractivity contribution in [2.45, 2.75) is 59.7 Å². The van der Waals surface area contributed by atoms with Crippen LogP contribution >= 0.6 is 0 Å². The SMILES string of the molecule is CCC(CC)O[C@H](C)C(=O)C(C)C. The molecule has 1 atom stereocenters. The van der Waals surface area contributed by atoms with Crippen LogP contribution in [-0.4, -0.2) is 18.0 Å². The molecule has 0 amide bonds. The highest BCUT2D eigenvalue weighted by molar-refractivity contribution is 5.84. The van der Waals surface area contributed by atoms with Gasteiger partial charge < -0.3 is 4.74 Å². The Kier molecular flexibility index (Phi) is 5.97. The number of ketones is 1. The summed E-state index contributed by atoms with van der Waals surface area (Å²) < 4.78 is 5.62. The smallest absolute Gasteiger partial charge is 0.163 e. The highest BCUT2D eigenvalue weighted by Crippen LogP contribution is 2.10. The second-order valence-corrected chi connectivity index (χ2v) is 3.77. The van der Waals surface area contributed by atoms with E-state index in [0.717, 1.165) is 12.8 Å². The van der Waals surface area contributed by atoms with Gasteiger partial charge in [-0.1, -0.05) is 27.7 Å². The van der Waals surface area contributed by atoms with E-state index < -0.39 is 0 Å². The van der Waals surface area contributed by atoms with Crippen LogP contribution in [0.4, 0.5) is 0 Å². The summed E-state index contributed by atoms with van der Waals surface area (Å²) in [6, 6.07) is 0. The third-order valence-electron chi connectivity index (χ3n) is 2.28. The first kappa shape index (κ1) is 12.6. The molecule has 0 heterocycles. The minimum absolute atomic E-state index is 0.0735. The number of rotatable bonds is 6. The van der Waals surface area contributed by atoms with E-state index in [4.69, 9.17) is 4.74 Å². The first-order valence-corrected chi connectivity index (χ1v) is 5.22. The van der Waals surface area contributed by atoms with Crippen LogP contribution in [0.1, 0.15) is 47.5 Å². The van der Waals surface area contributed by atoms with Gasteiger partial charge in [-0.15, -0.1) is 0 Å². The van der Waals surface area contributed by atoms with E-state index in [9.17, 15) is 4.79 Å². The molecule has 0 aliphatic carbocycles. The molecule has 0 aromatic rings. The Bertz CT molecular complexity index is 148. The van der Waals surface area contributed by atoms with Crippen LogP contribution in [0.5, 0.6) is 0 Å². The molecule has 0 radical (unpaired) electrons. The van der Waals surface area contributed by atoms with Gasteiger partial charge in [-0.05, 0) is 19.8 Å². The largest absolute Gasteiger partial charge is 0.368 e. The molecule has 0 aromatic heterocycles. The molecule has 0 rings (SSSR count). The normalized spacial score (nSPS) is 13.8. The number of Topliss-reactive ketones (excluding diaryl/α,β-unsaturated/α-hetero) is 1. The summed E-state index contributed by atoms with van der Waals surface area (Å²) in [6.45, 7) is 9.84. The molecule has 0 aliphatic rings. The number of hydrogen-bond donors (Lipinski definition) is 0. The zero-order valence-electron chi connectivity index (χ0n) is 9.46. The minimum Gasteiger partial charge on any atom is -0.368 e. The van der Waals surface area contributed by atoms with E-state index >= 15 is 0 Å². The maximum absolute atomic E-state index is 11.5. The Morgan fingerprint density at radius 1 is 1.15 bits per heavy atom. The van der Waals surface area contributed by atoms with Gasteiger partial charge in [0.15, 0.2) is 5.78 Å². The molecule has 0 N–H and O–H groups in total. The predicted molar refractivity (Wildman–Crippen MR) is 54.8 cm³/mol. The van der Waals surface area contributed by atoms with Crippen LogP contribution in [0.15, 0.2) is 0 Å². The fraction of sp³-hybridized carbons (Fsp3) is 0.909. The van der Waals surface area contributed by atoms with Crippen LogP contribution in [0.3, 0.4) is 0 Å². The van der Waals surface area contributed by atoms with E-state index in [1.165, 1.54) is 0 Å². The lowest BCUT2D eigenvalue weighted by molar-refractivity contribution is -0.136. The average molecular weight is 186 g/mol. The predicted octanol–water partition coefficient (Wildman–Crippen LogP) is 2.81. The van der Waals surface area contributed by atoms with Gasteiger partial charge >= 0.3 is 0 Å². The summed E-state index contributed by atoms with van der Waals surface area (Å²) in [5.74, 6) is 0.274. The Hall–Kier alpha value is -0.370. The van der Waals surface area contributed by atoms with Gasteiger partial charge in [-0.3, -0.25) is 4.79 Å². The monoisotopic (exact) mass is 186 g/mol. The van der Waals surface area contributed by atoms with Crippen molar-refractivity contribution < 1.29 is 9.53 Å².